The van der Waals surface area contributed by atoms with Crippen LogP contribution in [0.25, 0.3) is 0 Å². The van der Waals surface area contributed by atoms with Crippen LogP contribution in [-0.4, -0.2) is 72.5 Å². The number of benzene rings is 1. The molecule has 1 aromatic heterocycles. The molecule has 4 atom stereocenters. The Morgan fingerprint density at radius 3 is 2.51 bits per heavy atom. The van der Waals surface area contributed by atoms with Gasteiger partial charge in [0.25, 0.3) is 5.91 Å². The van der Waals surface area contributed by atoms with Crippen molar-refractivity contribution in [2.45, 2.75) is 92.6 Å². The zero-order valence-corrected chi connectivity index (χ0v) is 34.4. The van der Waals surface area contributed by atoms with E-state index < -0.39 is 50.5 Å². The van der Waals surface area contributed by atoms with Crippen molar-refractivity contribution in [3.63, 3.8) is 0 Å². The number of thiophene rings is 1. The lowest BCUT2D eigenvalue weighted by Gasteiger charge is -2.49. The molecule has 1 saturated heterocycles. The van der Waals surface area contributed by atoms with Gasteiger partial charge in [-0.05, 0) is 42.0 Å². The maximum atomic E-state index is 12.8. The van der Waals surface area contributed by atoms with Gasteiger partial charge in [0.1, 0.15) is 18.0 Å². The fraction of sp³-hybridized carbons (Fsp3) is 0.500. The maximum absolute atomic E-state index is 12.8. The molecule has 11 nitrogen and oxygen atoms in total. The summed E-state index contributed by atoms with van der Waals surface area (Å²) in [4.78, 5) is 51.4. The quantitative estimate of drug-likeness (QED) is 0.0791. The van der Waals surface area contributed by atoms with Crippen molar-refractivity contribution in [2.24, 2.45) is 0 Å². The Morgan fingerprint density at radius 1 is 1.11 bits per heavy atom. The number of halogens is 3. The molecule has 2 amide bonds. The van der Waals surface area contributed by atoms with E-state index in [1.165, 1.54) is 49.0 Å². The van der Waals surface area contributed by atoms with Gasteiger partial charge in [-0.2, -0.15) is 0 Å². The van der Waals surface area contributed by atoms with E-state index in [-0.39, 0.29) is 33.9 Å². The number of thioether (sulfide) groups is 1. The first-order valence-corrected chi connectivity index (χ1v) is 21.4. The van der Waals surface area contributed by atoms with Gasteiger partial charge >= 0.3 is 11.9 Å². The van der Waals surface area contributed by atoms with E-state index in [0.29, 0.717) is 6.79 Å². The topological polar surface area (TPSA) is 138 Å². The second kappa shape index (κ2) is 20.2. The summed E-state index contributed by atoms with van der Waals surface area (Å²) in [6, 6.07) is 8.74. The molecule has 1 aromatic carbocycles. The molecule has 17 heteroatoms. The van der Waals surface area contributed by atoms with Gasteiger partial charge in [0.2, 0.25) is 16.5 Å². The van der Waals surface area contributed by atoms with Crippen LogP contribution < -0.4 is 14.8 Å². The lowest BCUT2D eigenvalue weighted by Crippen LogP contribution is -2.70. The summed E-state index contributed by atoms with van der Waals surface area (Å²) in [5.41, 5.74) is 0.833. The highest BCUT2D eigenvalue weighted by atomic mass is 35.6. The van der Waals surface area contributed by atoms with E-state index in [2.05, 4.69) is 25.7 Å². The number of esters is 2. The molecule has 3 aliphatic rings. The Hall–Kier alpha value is -2.75. The van der Waals surface area contributed by atoms with E-state index in [1.54, 1.807) is 0 Å². The van der Waals surface area contributed by atoms with Crippen LogP contribution in [0.2, 0.25) is 0 Å². The molecule has 4 heterocycles. The molecular formula is C36H43Cl3N2O9S3. The summed E-state index contributed by atoms with van der Waals surface area (Å²) in [5.74, 6) is -0.452. The number of rotatable bonds is 16. The minimum Gasteiger partial charge on any atom is -0.456 e. The normalized spacial score (nSPS) is 18.6. The Bertz CT molecular complexity index is 1700. The number of ether oxygens (including phenoxy) is 4. The molecule has 53 heavy (non-hydrogen) atoms. The fourth-order valence-electron chi connectivity index (χ4n) is 5.57. The van der Waals surface area contributed by atoms with Gasteiger partial charge in [-0.3, -0.25) is 23.5 Å². The predicted molar refractivity (Wildman–Crippen MR) is 209 cm³/mol. The minimum absolute atomic E-state index is 0.118. The molecule has 5 rings (SSSR count). The van der Waals surface area contributed by atoms with Crippen molar-refractivity contribution in [2.75, 3.05) is 19.2 Å². The van der Waals surface area contributed by atoms with Crippen molar-refractivity contribution in [1.29, 1.82) is 0 Å². The number of alkyl halides is 3. The first-order valence-electron chi connectivity index (χ1n) is 17.1. The van der Waals surface area contributed by atoms with Crippen LogP contribution in [0.15, 0.2) is 58.7 Å². The number of hydrogen-bond acceptors (Lipinski definition) is 11. The van der Waals surface area contributed by atoms with Crippen LogP contribution in [0, 0.1) is 0 Å². The molecule has 0 spiro atoms. The van der Waals surface area contributed by atoms with Crippen molar-refractivity contribution in [1.82, 2.24) is 10.2 Å². The van der Waals surface area contributed by atoms with Crippen molar-refractivity contribution in [3.8, 4) is 11.5 Å². The highest BCUT2D eigenvalue weighted by Crippen LogP contribution is 2.46. The van der Waals surface area contributed by atoms with Crippen LogP contribution in [-0.2, 0) is 52.3 Å². The molecule has 0 radical (unpaired) electrons. The number of β-lactam (4-membered cyclic amide) rings is 1. The third-order valence-electron chi connectivity index (χ3n) is 8.16. The Kier molecular flexibility index (Phi) is 16.4. The zero-order valence-electron chi connectivity index (χ0n) is 29.7. The van der Waals surface area contributed by atoms with Crippen LogP contribution in [0.1, 0.15) is 69.7 Å². The first-order chi connectivity index (χ1) is 25.2. The Labute approximate surface area is 335 Å². The smallest absolute Gasteiger partial charge is 0.359 e. The maximum Gasteiger partial charge on any atom is 0.359 e. The van der Waals surface area contributed by atoms with E-state index >= 15 is 0 Å². The van der Waals surface area contributed by atoms with Crippen molar-refractivity contribution >= 4 is 92.5 Å². The number of nitrogens with one attached hydrogen (secondary N) is 1. The second-order valence-electron chi connectivity index (χ2n) is 12.5. The van der Waals surface area contributed by atoms with Crippen molar-refractivity contribution in [3.05, 3.63) is 69.1 Å². The van der Waals surface area contributed by atoms with E-state index in [9.17, 15) is 23.4 Å². The predicted octanol–water partition coefficient (Wildman–Crippen LogP) is 7.35. The number of amides is 2. The minimum atomic E-state index is -1.88. The average molecular weight is 850 g/mol. The molecule has 1 N–H and O–H groups in total. The summed E-state index contributed by atoms with van der Waals surface area (Å²) in [7, 11) is -0.743. The standard InChI is InChI=1S/C18H15Cl3N2O6S2.C18H28O3S/c1-8-14(29-9(2)24)13(17(27)28-7-18(19,20)21)23-15(26)12(16(23)31-8)22-11(25)6-10-4-3-5-30-10;1-3-4-5-6-7-8-11-22(19)15(2)12-16-9-10-17-18(13-16)21-14-20-17/h3-5,12,16H,1,6-7H2,2H3,(H,22,25);9-10,13,15H,3-8,11-12,14H2,1-2H3/t12?,16-;/m1./s1. The molecule has 0 bridgehead atoms. The highest BCUT2D eigenvalue weighted by molar-refractivity contribution is 8.04. The molecule has 1 fully saturated rings. The van der Waals surface area contributed by atoms with Gasteiger partial charge in [-0.25, -0.2) is 4.79 Å². The largest absolute Gasteiger partial charge is 0.456 e. The summed E-state index contributed by atoms with van der Waals surface area (Å²) >= 11 is 19.3. The third kappa shape index (κ3) is 12.6. The van der Waals surface area contributed by atoms with Gasteiger partial charge in [0.15, 0.2) is 23.0 Å². The molecule has 2 aromatic rings. The van der Waals surface area contributed by atoms with Gasteiger partial charge in [-0.15, -0.1) is 11.3 Å². The summed E-state index contributed by atoms with van der Waals surface area (Å²) < 4.78 is 31.2. The second-order valence-corrected chi connectivity index (χ2v) is 19.2. The van der Waals surface area contributed by atoms with Gasteiger partial charge in [0.05, 0.1) is 6.42 Å². The number of carbonyl (C=O) groups is 4. The van der Waals surface area contributed by atoms with Gasteiger partial charge in [-0.1, -0.05) is 111 Å². The highest BCUT2D eigenvalue weighted by Gasteiger charge is 2.56. The van der Waals surface area contributed by atoms with Gasteiger partial charge < -0.3 is 24.3 Å². The first kappa shape index (κ1) is 43.0. The SMILES string of the molecule is C=C1S[C@@H]2C(NC(=O)Cc3cccs3)C(=O)N2C(C(=O)OCC(Cl)(Cl)Cl)=C1OC(C)=O.CCCCCCCCS(=O)C(C)Cc1ccc2c(c1)OCO2. The average Bonchev–Trinajstić information content (AvgIpc) is 3.80. The number of unbranched alkanes of at least 4 members (excludes halogenated alkanes) is 5. The fourth-order valence-corrected chi connectivity index (χ4v) is 8.88. The third-order valence-corrected chi connectivity index (χ3v) is 12.3. The molecule has 0 aliphatic carbocycles. The molecule has 0 saturated carbocycles. The van der Waals surface area contributed by atoms with Gasteiger partial charge in [0, 0.05) is 38.5 Å². The van der Waals surface area contributed by atoms with E-state index in [1.807, 2.05) is 35.7 Å². The van der Waals surface area contributed by atoms with E-state index in [0.717, 1.165) is 58.6 Å². The van der Waals surface area contributed by atoms with Crippen LogP contribution in [0.5, 0.6) is 11.5 Å². The van der Waals surface area contributed by atoms with Crippen LogP contribution in [0.4, 0.5) is 0 Å². The summed E-state index contributed by atoms with van der Waals surface area (Å²) in [6.07, 6.45) is 8.44. The number of carbonyl (C=O) groups excluding carboxylic acids is 4. The Balaban J connectivity index is 0.000000251. The molecular weight excluding hydrogens is 807 g/mol. The number of hydrogen-bond donors (Lipinski definition) is 1. The zero-order chi connectivity index (χ0) is 38.7. The van der Waals surface area contributed by atoms with E-state index in [4.69, 9.17) is 53.8 Å². The summed E-state index contributed by atoms with van der Waals surface area (Å²) in [6.45, 7) is 8.95. The molecule has 3 aliphatic heterocycles. The summed E-state index contributed by atoms with van der Waals surface area (Å²) in [5, 5.41) is 4.02. The van der Waals surface area contributed by atoms with Crippen molar-refractivity contribution < 1.29 is 42.3 Å². The van der Waals surface area contributed by atoms with Crippen LogP contribution in [0.3, 0.4) is 0 Å². The van der Waals surface area contributed by atoms with Crippen LogP contribution >= 0.6 is 57.9 Å². The Morgan fingerprint density at radius 2 is 1.83 bits per heavy atom. The lowest BCUT2D eigenvalue weighted by atomic mass is 10.0. The number of nitrogens with zero attached hydrogens (tertiary/aromatic N) is 1. The number of fused-ring (bicyclic) bond motifs is 2. The molecule has 290 valence electrons. The monoisotopic (exact) mass is 848 g/mol. The lowest BCUT2D eigenvalue weighted by molar-refractivity contribution is -0.153. The molecule has 3 unspecified atom stereocenters.